The Balaban J connectivity index is 2.19. The Morgan fingerprint density at radius 1 is 0.955 bits per heavy atom. The molecule has 0 N–H and O–H groups in total. The zero-order valence-corrected chi connectivity index (χ0v) is 12.0. The highest BCUT2D eigenvalue weighted by Crippen LogP contribution is 2.35. The Bertz CT molecular complexity index is 1080. The lowest BCUT2D eigenvalue weighted by atomic mass is 10.0. The number of aromatic nitrogens is 1. The van der Waals surface area contributed by atoms with Crippen LogP contribution in [0.25, 0.3) is 32.6 Å². The lowest BCUT2D eigenvalue weighted by molar-refractivity contribution is -0.384. The van der Waals surface area contributed by atoms with Crippen LogP contribution in [0.2, 0.25) is 5.02 Å². The number of hydrogen-bond donors (Lipinski definition) is 0. The third kappa shape index (κ3) is 1.81. The van der Waals surface area contributed by atoms with E-state index in [2.05, 4.69) is 4.98 Å². The van der Waals surface area contributed by atoms with E-state index >= 15 is 0 Å². The van der Waals surface area contributed by atoms with Crippen LogP contribution in [0.5, 0.6) is 0 Å². The monoisotopic (exact) mass is 308 g/mol. The average Bonchev–Trinajstić information content (AvgIpc) is 2.54. The van der Waals surface area contributed by atoms with Crippen LogP contribution < -0.4 is 0 Å². The Morgan fingerprint density at radius 2 is 1.77 bits per heavy atom. The van der Waals surface area contributed by atoms with Crippen LogP contribution in [0, 0.1) is 10.1 Å². The molecule has 106 valence electrons. The van der Waals surface area contributed by atoms with Gasteiger partial charge in [0.15, 0.2) is 0 Å². The molecule has 0 unspecified atom stereocenters. The zero-order chi connectivity index (χ0) is 15.3. The summed E-state index contributed by atoms with van der Waals surface area (Å²) >= 11 is 6.49. The van der Waals surface area contributed by atoms with Crippen LogP contribution in [0.1, 0.15) is 0 Å². The van der Waals surface area contributed by atoms with Crippen molar-refractivity contribution in [3.63, 3.8) is 0 Å². The summed E-state index contributed by atoms with van der Waals surface area (Å²) < 4.78 is 0. The number of pyridine rings is 1. The van der Waals surface area contributed by atoms with Gasteiger partial charge in [-0.3, -0.25) is 10.1 Å². The predicted octanol–water partition coefficient (Wildman–Crippen LogP) is 5.10. The summed E-state index contributed by atoms with van der Waals surface area (Å²) in [4.78, 5) is 15.2. The molecule has 0 aliphatic carbocycles. The van der Waals surface area contributed by atoms with Crippen LogP contribution in [0.15, 0.2) is 54.6 Å². The van der Waals surface area contributed by atoms with Gasteiger partial charge >= 0.3 is 0 Å². The Hall–Kier alpha value is -2.72. The predicted molar refractivity (Wildman–Crippen MR) is 88.4 cm³/mol. The number of fused-ring (bicyclic) bond motifs is 4. The summed E-state index contributed by atoms with van der Waals surface area (Å²) in [6, 6.07) is 16.4. The SMILES string of the molecule is O=[N+]([O-])c1ccc2nc3c(ccc4ccccc43)c(Cl)c2c1. The summed E-state index contributed by atoms with van der Waals surface area (Å²) in [5, 5.41) is 14.9. The minimum absolute atomic E-state index is 0.0105. The summed E-state index contributed by atoms with van der Waals surface area (Å²) in [6.07, 6.45) is 0. The minimum atomic E-state index is -0.430. The minimum Gasteiger partial charge on any atom is -0.258 e. The molecule has 0 saturated heterocycles. The van der Waals surface area contributed by atoms with Gasteiger partial charge in [-0.2, -0.15) is 0 Å². The van der Waals surface area contributed by atoms with Crippen molar-refractivity contribution in [1.29, 1.82) is 0 Å². The molecule has 4 rings (SSSR count). The van der Waals surface area contributed by atoms with Gasteiger partial charge in [0, 0.05) is 28.3 Å². The maximum absolute atomic E-state index is 10.9. The van der Waals surface area contributed by atoms with E-state index in [1.165, 1.54) is 12.1 Å². The van der Waals surface area contributed by atoms with Crippen LogP contribution in [0.4, 0.5) is 5.69 Å². The fourth-order valence-electron chi connectivity index (χ4n) is 2.73. The molecular weight excluding hydrogens is 300 g/mol. The number of nitrogens with zero attached hydrogens (tertiary/aromatic N) is 2. The Kier molecular flexibility index (Phi) is 2.74. The standard InChI is InChI=1S/C17H9ClN2O2/c18-16-13-7-5-10-3-1-2-4-12(10)17(13)19-15-8-6-11(20(21)22)9-14(15)16/h1-9H. The summed E-state index contributed by atoms with van der Waals surface area (Å²) in [5.74, 6) is 0. The molecule has 0 radical (unpaired) electrons. The first kappa shape index (κ1) is 13.0. The highest BCUT2D eigenvalue weighted by molar-refractivity contribution is 6.41. The van der Waals surface area contributed by atoms with Gasteiger partial charge in [-0.25, -0.2) is 4.98 Å². The Morgan fingerprint density at radius 3 is 2.59 bits per heavy atom. The summed E-state index contributed by atoms with van der Waals surface area (Å²) in [7, 11) is 0. The first-order valence-electron chi connectivity index (χ1n) is 6.70. The van der Waals surface area contributed by atoms with Crippen molar-refractivity contribution in [2.24, 2.45) is 0 Å². The third-order valence-corrected chi connectivity index (χ3v) is 4.20. The summed E-state index contributed by atoms with van der Waals surface area (Å²) in [5.41, 5.74) is 1.47. The number of nitro benzene ring substituents is 1. The lowest BCUT2D eigenvalue weighted by Crippen LogP contribution is -1.90. The first-order valence-corrected chi connectivity index (χ1v) is 7.08. The largest absolute Gasteiger partial charge is 0.270 e. The number of non-ortho nitro benzene ring substituents is 1. The van der Waals surface area contributed by atoms with Gasteiger partial charge in [0.2, 0.25) is 0 Å². The molecule has 1 heterocycles. The Labute approximate surface area is 130 Å². The van der Waals surface area contributed by atoms with Gasteiger partial charge in [0.05, 0.1) is 21.0 Å². The van der Waals surface area contributed by atoms with E-state index in [-0.39, 0.29) is 5.69 Å². The van der Waals surface area contributed by atoms with Crippen LogP contribution >= 0.6 is 11.6 Å². The second-order valence-electron chi connectivity index (χ2n) is 5.07. The van der Waals surface area contributed by atoms with Crippen LogP contribution in [0.3, 0.4) is 0 Å². The number of rotatable bonds is 1. The number of halogens is 1. The molecule has 4 aromatic rings. The second kappa shape index (κ2) is 4.64. The number of nitro groups is 1. The van der Waals surface area contributed by atoms with Gasteiger partial charge in [-0.1, -0.05) is 48.0 Å². The highest BCUT2D eigenvalue weighted by atomic mass is 35.5. The van der Waals surface area contributed by atoms with E-state index in [0.717, 1.165) is 21.7 Å². The fraction of sp³-hybridized carbons (Fsp3) is 0. The molecule has 4 nitrogen and oxygen atoms in total. The van der Waals surface area contributed by atoms with Gasteiger partial charge in [-0.15, -0.1) is 0 Å². The topological polar surface area (TPSA) is 56.0 Å². The van der Waals surface area contributed by atoms with Crippen molar-refractivity contribution in [2.45, 2.75) is 0 Å². The fourth-order valence-corrected chi connectivity index (χ4v) is 3.03. The van der Waals surface area contributed by atoms with E-state index in [1.54, 1.807) is 6.07 Å². The molecule has 22 heavy (non-hydrogen) atoms. The van der Waals surface area contributed by atoms with E-state index in [0.29, 0.717) is 15.9 Å². The maximum atomic E-state index is 10.9. The van der Waals surface area contributed by atoms with Crippen LogP contribution in [-0.4, -0.2) is 9.91 Å². The van der Waals surface area contributed by atoms with Gasteiger partial charge in [0.25, 0.3) is 5.69 Å². The molecular formula is C17H9ClN2O2. The van der Waals surface area contributed by atoms with Crippen molar-refractivity contribution < 1.29 is 4.92 Å². The summed E-state index contributed by atoms with van der Waals surface area (Å²) in [6.45, 7) is 0. The van der Waals surface area contributed by atoms with Gasteiger partial charge in [0.1, 0.15) is 0 Å². The molecule has 3 aromatic carbocycles. The molecule has 0 spiro atoms. The molecule has 0 saturated carbocycles. The second-order valence-corrected chi connectivity index (χ2v) is 5.45. The van der Waals surface area contributed by atoms with Gasteiger partial charge < -0.3 is 0 Å². The van der Waals surface area contributed by atoms with Crippen molar-refractivity contribution >= 4 is 49.9 Å². The van der Waals surface area contributed by atoms with Crippen molar-refractivity contribution in [3.8, 4) is 0 Å². The molecule has 5 heteroatoms. The van der Waals surface area contributed by atoms with E-state index in [9.17, 15) is 10.1 Å². The van der Waals surface area contributed by atoms with Crippen molar-refractivity contribution in [2.75, 3.05) is 0 Å². The number of hydrogen-bond acceptors (Lipinski definition) is 3. The normalized spacial score (nSPS) is 11.3. The average molecular weight is 309 g/mol. The zero-order valence-electron chi connectivity index (χ0n) is 11.3. The van der Waals surface area contributed by atoms with Crippen molar-refractivity contribution in [1.82, 2.24) is 4.98 Å². The molecule has 0 fully saturated rings. The quantitative estimate of drug-likeness (QED) is 0.213. The molecule has 0 aliphatic heterocycles. The molecule has 0 aliphatic rings. The molecule has 0 atom stereocenters. The van der Waals surface area contributed by atoms with Crippen molar-refractivity contribution in [3.05, 3.63) is 69.7 Å². The van der Waals surface area contributed by atoms with E-state index < -0.39 is 4.92 Å². The third-order valence-electron chi connectivity index (χ3n) is 3.80. The molecule has 0 amide bonds. The van der Waals surface area contributed by atoms with E-state index in [4.69, 9.17) is 11.6 Å². The number of benzene rings is 3. The first-order chi connectivity index (χ1) is 10.6. The van der Waals surface area contributed by atoms with Gasteiger partial charge in [-0.05, 0) is 11.5 Å². The van der Waals surface area contributed by atoms with E-state index in [1.807, 2.05) is 36.4 Å². The maximum Gasteiger partial charge on any atom is 0.270 e. The smallest absolute Gasteiger partial charge is 0.258 e. The molecule has 0 bridgehead atoms. The lowest BCUT2D eigenvalue weighted by Gasteiger charge is -2.08. The highest BCUT2D eigenvalue weighted by Gasteiger charge is 2.13. The molecule has 1 aromatic heterocycles. The van der Waals surface area contributed by atoms with Crippen LogP contribution in [-0.2, 0) is 0 Å².